The summed E-state index contributed by atoms with van der Waals surface area (Å²) < 4.78 is 5.14. The minimum absolute atomic E-state index is 0.190. The smallest absolute Gasteiger partial charge is 0.237 e. The highest BCUT2D eigenvalue weighted by Gasteiger charge is 2.14. The molecule has 1 amide bonds. The van der Waals surface area contributed by atoms with Gasteiger partial charge in [0.05, 0.1) is 13.2 Å². The van der Waals surface area contributed by atoms with Crippen LogP contribution in [0.1, 0.15) is 11.1 Å². The Kier molecular flexibility index (Phi) is 5.29. The number of carbonyl (C=O) groups excluding carboxylic acids is 1. The van der Waals surface area contributed by atoms with E-state index in [2.05, 4.69) is 10.3 Å². The quantitative estimate of drug-likeness (QED) is 0.838. The zero-order valence-electron chi connectivity index (χ0n) is 12.0. The molecule has 0 radical (unpaired) electrons. The summed E-state index contributed by atoms with van der Waals surface area (Å²) in [5.74, 6) is 0.319. The Morgan fingerprint density at radius 3 is 2.76 bits per heavy atom. The molecule has 0 saturated carbocycles. The van der Waals surface area contributed by atoms with Crippen molar-refractivity contribution in [2.45, 2.75) is 19.0 Å². The van der Waals surface area contributed by atoms with Crippen LogP contribution < -0.4 is 15.8 Å². The number of nitrogens with zero attached hydrogens (tertiary/aromatic N) is 1. The predicted molar refractivity (Wildman–Crippen MR) is 80.8 cm³/mol. The van der Waals surface area contributed by atoms with Gasteiger partial charge in [0.15, 0.2) is 0 Å². The highest BCUT2D eigenvalue weighted by molar-refractivity contribution is 5.81. The average molecular weight is 285 g/mol. The summed E-state index contributed by atoms with van der Waals surface area (Å²) >= 11 is 0. The second-order valence-electron chi connectivity index (χ2n) is 4.69. The molecule has 21 heavy (non-hydrogen) atoms. The third kappa shape index (κ3) is 4.29. The van der Waals surface area contributed by atoms with Gasteiger partial charge in [-0.25, -0.2) is 4.98 Å². The van der Waals surface area contributed by atoms with Gasteiger partial charge in [-0.1, -0.05) is 36.4 Å². The van der Waals surface area contributed by atoms with Crippen LogP contribution in [0, 0.1) is 0 Å². The fourth-order valence-corrected chi connectivity index (χ4v) is 2.02. The minimum Gasteiger partial charge on any atom is -0.481 e. The van der Waals surface area contributed by atoms with Crippen molar-refractivity contribution in [1.29, 1.82) is 0 Å². The minimum atomic E-state index is -0.574. The number of carbonyl (C=O) groups is 1. The molecule has 1 aromatic heterocycles. The maximum atomic E-state index is 12.0. The zero-order chi connectivity index (χ0) is 15.1. The molecule has 3 N–H and O–H groups in total. The van der Waals surface area contributed by atoms with Gasteiger partial charge >= 0.3 is 0 Å². The van der Waals surface area contributed by atoms with Crippen LogP contribution in [0.3, 0.4) is 0 Å². The van der Waals surface area contributed by atoms with Gasteiger partial charge in [-0.3, -0.25) is 4.79 Å². The van der Waals surface area contributed by atoms with E-state index >= 15 is 0 Å². The van der Waals surface area contributed by atoms with E-state index < -0.39 is 6.04 Å². The van der Waals surface area contributed by atoms with E-state index in [1.54, 1.807) is 19.4 Å². The molecule has 110 valence electrons. The molecular formula is C16H19N3O2. The van der Waals surface area contributed by atoms with E-state index in [0.29, 0.717) is 18.8 Å². The fourth-order valence-electron chi connectivity index (χ4n) is 2.02. The lowest BCUT2D eigenvalue weighted by Gasteiger charge is -2.13. The number of aromatic nitrogens is 1. The van der Waals surface area contributed by atoms with E-state index in [1.165, 1.54) is 0 Å². The summed E-state index contributed by atoms with van der Waals surface area (Å²) in [6, 6.07) is 12.8. The van der Waals surface area contributed by atoms with E-state index in [-0.39, 0.29) is 5.91 Å². The molecule has 5 nitrogen and oxygen atoms in total. The predicted octanol–water partition coefficient (Wildman–Crippen LogP) is 1.28. The van der Waals surface area contributed by atoms with Crippen LogP contribution in [0.25, 0.3) is 0 Å². The lowest BCUT2D eigenvalue weighted by molar-refractivity contribution is -0.122. The monoisotopic (exact) mass is 285 g/mol. The third-order valence-corrected chi connectivity index (χ3v) is 3.13. The summed E-state index contributed by atoms with van der Waals surface area (Å²) in [6.07, 6.45) is 2.15. The second kappa shape index (κ2) is 7.40. The van der Waals surface area contributed by atoms with Crippen molar-refractivity contribution in [2.75, 3.05) is 7.11 Å². The Morgan fingerprint density at radius 1 is 1.29 bits per heavy atom. The molecule has 1 aromatic carbocycles. The summed E-state index contributed by atoms with van der Waals surface area (Å²) in [5.41, 5.74) is 7.79. The van der Waals surface area contributed by atoms with Crippen molar-refractivity contribution in [3.05, 3.63) is 59.8 Å². The molecule has 0 aliphatic heterocycles. The van der Waals surface area contributed by atoms with Crippen LogP contribution in [0.5, 0.6) is 5.88 Å². The van der Waals surface area contributed by atoms with Gasteiger partial charge in [0.2, 0.25) is 11.8 Å². The number of rotatable bonds is 6. The number of ether oxygens (including phenoxy) is 1. The van der Waals surface area contributed by atoms with Crippen molar-refractivity contribution >= 4 is 5.91 Å². The highest BCUT2D eigenvalue weighted by Crippen LogP contribution is 2.12. The maximum Gasteiger partial charge on any atom is 0.237 e. The summed E-state index contributed by atoms with van der Waals surface area (Å²) in [7, 11) is 1.55. The SMILES string of the molecule is COc1ncccc1CNC(=O)[C@H](N)Cc1ccccc1. The molecule has 0 aliphatic carbocycles. The number of nitrogens with one attached hydrogen (secondary N) is 1. The van der Waals surface area contributed by atoms with Crippen molar-refractivity contribution in [1.82, 2.24) is 10.3 Å². The third-order valence-electron chi connectivity index (χ3n) is 3.13. The number of benzene rings is 1. The van der Waals surface area contributed by atoms with Gasteiger partial charge in [0.25, 0.3) is 0 Å². The summed E-state index contributed by atoms with van der Waals surface area (Å²) in [4.78, 5) is 16.1. The molecule has 2 aromatic rings. The van der Waals surface area contributed by atoms with Crippen molar-refractivity contribution < 1.29 is 9.53 Å². The number of amides is 1. The van der Waals surface area contributed by atoms with Crippen LogP contribution in [-0.4, -0.2) is 24.0 Å². The first-order valence-corrected chi connectivity index (χ1v) is 6.76. The number of nitrogens with two attached hydrogens (primary N) is 1. The van der Waals surface area contributed by atoms with Gasteiger partial charge in [0, 0.05) is 18.3 Å². The first-order valence-electron chi connectivity index (χ1n) is 6.76. The summed E-state index contributed by atoms with van der Waals surface area (Å²) in [5, 5.41) is 2.81. The van der Waals surface area contributed by atoms with Gasteiger partial charge in [-0.15, -0.1) is 0 Å². The van der Waals surface area contributed by atoms with Gasteiger partial charge < -0.3 is 15.8 Å². The Morgan fingerprint density at radius 2 is 2.05 bits per heavy atom. The fraction of sp³-hybridized carbons (Fsp3) is 0.250. The number of methoxy groups -OCH3 is 1. The van der Waals surface area contributed by atoms with Crippen LogP contribution >= 0.6 is 0 Å². The highest BCUT2D eigenvalue weighted by atomic mass is 16.5. The standard InChI is InChI=1S/C16H19N3O2/c1-21-16-13(8-5-9-18-16)11-19-15(20)14(17)10-12-6-3-2-4-7-12/h2-9,14H,10-11,17H2,1H3,(H,19,20)/t14-/m1/s1. The van der Waals surface area contributed by atoms with Crippen LogP contribution in [0.2, 0.25) is 0 Å². The molecule has 0 fully saturated rings. The normalized spacial score (nSPS) is 11.7. The average Bonchev–Trinajstić information content (AvgIpc) is 2.53. The zero-order valence-corrected chi connectivity index (χ0v) is 12.0. The molecule has 1 heterocycles. The van der Waals surface area contributed by atoms with E-state index in [1.807, 2.05) is 36.4 Å². The molecule has 1 atom stereocenters. The Bertz CT molecular complexity index is 587. The Labute approximate surface area is 124 Å². The molecule has 2 rings (SSSR count). The number of pyridine rings is 1. The van der Waals surface area contributed by atoms with Gasteiger partial charge in [0.1, 0.15) is 0 Å². The Balaban J connectivity index is 1.89. The Hall–Kier alpha value is -2.40. The topological polar surface area (TPSA) is 77.2 Å². The van der Waals surface area contributed by atoms with Crippen LogP contribution in [0.4, 0.5) is 0 Å². The van der Waals surface area contributed by atoms with Gasteiger partial charge in [-0.05, 0) is 18.1 Å². The van der Waals surface area contributed by atoms with E-state index in [9.17, 15) is 4.79 Å². The molecule has 0 bridgehead atoms. The van der Waals surface area contributed by atoms with E-state index in [4.69, 9.17) is 10.5 Å². The molecule has 0 spiro atoms. The molecule has 0 unspecified atom stereocenters. The van der Waals surface area contributed by atoms with Crippen molar-refractivity contribution in [3.63, 3.8) is 0 Å². The second-order valence-corrected chi connectivity index (χ2v) is 4.69. The van der Waals surface area contributed by atoms with Crippen LogP contribution in [0.15, 0.2) is 48.7 Å². The number of hydrogen-bond acceptors (Lipinski definition) is 4. The number of hydrogen-bond donors (Lipinski definition) is 2. The largest absolute Gasteiger partial charge is 0.481 e. The summed E-state index contributed by atoms with van der Waals surface area (Å²) in [6.45, 7) is 0.346. The van der Waals surface area contributed by atoms with E-state index in [0.717, 1.165) is 11.1 Å². The molecular weight excluding hydrogens is 266 g/mol. The lowest BCUT2D eigenvalue weighted by Crippen LogP contribution is -2.41. The molecule has 0 saturated heterocycles. The van der Waals surface area contributed by atoms with Crippen molar-refractivity contribution in [3.8, 4) is 5.88 Å². The van der Waals surface area contributed by atoms with Crippen LogP contribution in [-0.2, 0) is 17.8 Å². The maximum absolute atomic E-state index is 12.0. The first-order chi connectivity index (χ1) is 10.2. The molecule has 5 heteroatoms. The molecule has 0 aliphatic rings. The first kappa shape index (κ1) is 15.0. The van der Waals surface area contributed by atoms with Crippen molar-refractivity contribution in [2.24, 2.45) is 5.73 Å². The van der Waals surface area contributed by atoms with Gasteiger partial charge in [-0.2, -0.15) is 0 Å². The lowest BCUT2D eigenvalue weighted by atomic mass is 10.1.